The Morgan fingerprint density at radius 1 is 1.60 bits per heavy atom. The number of amides is 1. The lowest BCUT2D eigenvalue weighted by atomic mass is 10.3. The van der Waals surface area contributed by atoms with Crippen molar-refractivity contribution in [1.29, 1.82) is 0 Å². The second kappa shape index (κ2) is 5.77. The number of hydrogen-bond donors (Lipinski definition) is 1. The van der Waals surface area contributed by atoms with Crippen molar-refractivity contribution in [3.8, 4) is 0 Å². The van der Waals surface area contributed by atoms with E-state index < -0.39 is 0 Å². The molecule has 0 saturated heterocycles. The highest BCUT2D eigenvalue weighted by Gasteiger charge is 2.14. The largest absolute Gasteiger partial charge is 0.323 e. The number of halogens is 2. The van der Waals surface area contributed by atoms with Crippen LogP contribution in [0.15, 0.2) is 22.7 Å². The molecule has 5 heteroatoms. The number of benzene rings is 1. The Morgan fingerprint density at radius 3 is 2.80 bits per heavy atom. The molecule has 1 N–H and O–H groups in total. The van der Waals surface area contributed by atoms with Crippen molar-refractivity contribution in [2.24, 2.45) is 0 Å². The summed E-state index contributed by atoms with van der Waals surface area (Å²) in [6.07, 6.45) is 1.89. The van der Waals surface area contributed by atoms with Crippen molar-refractivity contribution in [3.05, 3.63) is 27.7 Å². The first-order valence-corrected chi connectivity index (χ1v) is 6.79. The van der Waals surface area contributed by atoms with Crippen LogP contribution in [0.2, 0.25) is 5.02 Å². The van der Waals surface area contributed by atoms with Gasteiger partial charge in [-0.2, -0.15) is 11.8 Å². The number of nitrogens with one attached hydrogen (secondary N) is 1. The van der Waals surface area contributed by atoms with E-state index in [4.69, 9.17) is 11.6 Å². The van der Waals surface area contributed by atoms with Crippen LogP contribution in [0.25, 0.3) is 0 Å². The Morgan fingerprint density at radius 2 is 2.27 bits per heavy atom. The van der Waals surface area contributed by atoms with Crippen LogP contribution >= 0.6 is 39.3 Å². The number of anilines is 1. The molecule has 1 unspecified atom stereocenters. The molecule has 1 aromatic carbocycles. The van der Waals surface area contributed by atoms with E-state index in [1.165, 1.54) is 11.8 Å². The summed E-state index contributed by atoms with van der Waals surface area (Å²) in [5, 5.41) is 3.23. The quantitative estimate of drug-likeness (QED) is 0.920. The second-order valence-corrected chi connectivity index (χ2v) is 5.40. The zero-order chi connectivity index (χ0) is 11.4. The van der Waals surface area contributed by atoms with Crippen LogP contribution in [-0.4, -0.2) is 17.4 Å². The molecular formula is C10H11BrClNOS. The second-order valence-electron chi connectivity index (χ2n) is 2.96. The average Bonchev–Trinajstić information content (AvgIpc) is 2.22. The molecule has 0 radical (unpaired) electrons. The van der Waals surface area contributed by atoms with Gasteiger partial charge in [-0.25, -0.2) is 0 Å². The van der Waals surface area contributed by atoms with Crippen LogP contribution in [0.5, 0.6) is 0 Å². The zero-order valence-electron chi connectivity index (χ0n) is 8.38. The van der Waals surface area contributed by atoms with Crippen LogP contribution in [-0.2, 0) is 4.79 Å². The van der Waals surface area contributed by atoms with Gasteiger partial charge in [-0.3, -0.25) is 4.79 Å². The van der Waals surface area contributed by atoms with E-state index in [0.717, 1.165) is 4.47 Å². The van der Waals surface area contributed by atoms with Crippen LogP contribution in [0.4, 0.5) is 5.69 Å². The molecule has 1 aromatic rings. The molecule has 82 valence electrons. The highest BCUT2D eigenvalue weighted by atomic mass is 79.9. The third kappa shape index (κ3) is 3.40. The fourth-order valence-corrected chi connectivity index (χ4v) is 2.02. The SMILES string of the molecule is CSC(C)C(=O)Nc1c(Cl)cccc1Br. The molecule has 0 aromatic heterocycles. The summed E-state index contributed by atoms with van der Waals surface area (Å²) in [5.41, 5.74) is 0.630. The highest BCUT2D eigenvalue weighted by molar-refractivity contribution is 9.10. The normalized spacial score (nSPS) is 12.3. The van der Waals surface area contributed by atoms with E-state index in [1.807, 2.05) is 25.3 Å². The molecule has 0 bridgehead atoms. The maximum atomic E-state index is 11.6. The van der Waals surface area contributed by atoms with Crippen LogP contribution in [0.3, 0.4) is 0 Å². The molecule has 1 amide bonds. The Balaban J connectivity index is 2.85. The topological polar surface area (TPSA) is 29.1 Å². The van der Waals surface area contributed by atoms with E-state index in [2.05, 4.69) is 21.2 Å². The highest BCUT2D eigenvalue weighted by Crippen LogP contribution is 2.30. The third-order valence-electron chi connectivity index (χ3n) is 1.93. The first-order chi connectivity index (χ1) is 7.06. The molecule has 0 fully saturated rings. The van der Waals surface area contributed by atoms with Gasteiger partial charge in [-0.15, -0.1) is 0 Å². The Hall–Kier alpha value is -0.190. The number of rotatable bonds is 3. The van der Waals surface area contributed by atoms with Crippen LogP contribution in [0, 0.1) is 0 Å². The van der Waals surface area contributed by atoms with Crippen LogP contribution in [0.1, 0.15) is 6.92 Å². The van der Waals surface area contributed by atoms with Crippen molar-refractivity contribution in [3.63, 3.8) is 0 Å². The van der Waals surface area contributed by atoms with Gasteiger partial charge < -0.3 is 5.32 Å². The van der Waals surface area contributed by atoms with Crippen LogP contribution < -0.4 is 5.32 Å². The minimum absolute atomic E-state index is 0.0451. The summed E-state index contributed by atoms with van der Waals surface area (Å²) >= 11 is 10.8. The molecule has 0 aliphatic rings. The smallest absolute Gasteiger partial charge is 0.237 e. The van der Waals surface area contributed by atoms with E-state index in [1.54, 1.807) is 6.07 Å². The van der Waals surface area contributed by atoms with Gasteiger partial charge in [0.15, 0.2) is 0 Å². The van der Waals surface area contributed by atoms with Gasteiger partial charge in [0, 0.05) is 4.47 Å². The maximum Gasteiger partial charge on any atom is 0.237 e. The van der Waals surface area contributed by atoms with E-state index in [-0.39, 0.29) is 11.2 Å². The molecule has 0 aliphatic carbocycles. The lowest BCUT2D eigenvalue weighted by Gasteiger charge is -2.12. The van der Waals surface area contributed by atoms with E-state index >= 15 is 0 Å². The minimum atomic E-state index is -0.0897. The van der Waals surface area contributed by atoms with Gasteiger partial charge in [0.2, 0.25) is 5.91 Å². The lowest BCUT2D eigenvalue weighted by Crippen LogP contribution is -2.22. The summed E-state index contributed by atoms with van der Waals surface area (Å²) < 4.78 is 0.789. The summed E-state index contributed by atoms with van der Waals surface area (Å²) in [4.78, 5) is 11.6. The number of carbonyl (C=O) groups is 1. The first-order valence-electron chi connectivity index (χ1n) is 4.34. The van der Waals surface area contributed by atoms with E-state index in [9.17, 15) is 4.79 Å². The summed E-state index contributed by atoms with van der Waals surface area (Å²) in [5.74, 6) is -0.0451. The van der Waals surface area contributed by atoms with Crippen molar-refractivity contribution >= 4 is 50.9 Å². The first kappa shape index (κ1) is 12.9. The van der Waals surface area contributed by atoms with Gasteiger partial charge in [-0.1, -0.05) is 17.7 Å². The van der Waals surface area contributed by atoms with Gasteiger partial charge in [0.05, 0.1) is 16.0 Å². The standard InChI is InChI=1S/C10H11BrClNOS/c1-6(15-2)10(14)13-9-7(11)4-3-5-8(9)12/h3-6H,1-2H3,(H,13,14). The predicted octanol–water partition coefficient (Wildman–Crippen LogP) is 3.79. The monoisotopic (exact) mass is 307 g/mol. The Kier molecular flexibility index (Phi) is 4.96. The molecule has 15 heavy (non-hydrogen) atoms. The van der Waals surface area contributed by atoms with Crippen molar-refractivity contribution in [2.75, 3.05) is 11.6 Å². The maximum absolute atomic E-state index is 11.6. The Bertz CT molecular complexity index is 352. The molecule has 1 atom stereocenters. The molecule has 0 spiro atoms. The van der Waals surface area contributed by atoms with Crippen molar-refractivity contribution in [1.82, 2.24) is 0 Å². The summed E-state index contributed by atoms with van der Waals surface area (Å²) in [7, 11) is 0. The fourth-order valence-electron chi connectivity index (χ4n) is 0.949. The van der Waals surface area contributed by atoms with Gasteiger partial charge in [-0.05, 0) is 41.2 Å². The molecular weight excluding hydrogens is 298 g/mol. The number of carbonyl (C=O) groups excluding carboxylic acids is 1. The van der Waals surface area contributed by atoms with Gasteiger partial charge >= 0.3 is 0 Å². The molecule has 0 saturated carbocycles. The minimum Gasteiger partial charge on any atom is -0.323 e. The lowest BCUT2D eigenvalue weighted by molar-refractivity contribution is -0.115. The molecule has 2 nitrogen and oxygen atoms in total. The summed E-state index contributed by atoms with van der Waals surface area (Å²) in [6, 6.07) is 5.40. The molecule has 0 heterocycles. The molecule has 0 aliphatic heterocycles. The number of thioether (sulfide) groups is 1. The average molecular weight is 309 g/mol. The number of hydrogen-bond acceptors (Lipinski definition) is 2. The van der Waals surface area contributed by atoms with Crippen molar-refractivity contribution in [2.45, 2.75) is 12.2 Å². The summed E-state index contributed by atoms with van der Waals surface area (Å²) in [6.45, 7) is 1.85. The third-order valence-corrected chi connectivity index (χ3v) is 3.83. The number of para-hydroxylation sites is 1. The van der Waals surface area contributed by atoms with Gasteiger partial charge in [0.25, 0.3) is 0 Å². The van der Waals surface area contributed by atoms with E-state index in [0.29, 0.717) is 10.7 Å². The predicted molar refractivity (Wildman–Crippen MR) is 70.8 cm³/mol. The molecule has 1 rings (SSSR count). The van der Waals surface area contributed by atoms with Gasteiger partial charge in [0.1, 0.15) is 0 Å². The zero-order valence-corrected chi connectivity index (χ0v) is 11.5. The Labute approximate surface area is 107 Å². The fraction of sp³-hybridized carbons (Fsp3) is 0.300. The van der Waals surface area contributed by atoms with Crippen molar-refractivity contribution < 1.29 is 4.79 Å².